The molecule has 0 aliphatic carbocycles. The maximum atomic E-state index is 11.8. The average Bonchev–Trinajstić information content (AvgIpc) is 2.29. The fourth-order valence-corrected chi connectivity index (χ4v) is 1.70. The molecular weight excluding hydrogens is 224 g/mol. The van der Waals surface area contributed by atoms with Crippen LogP contribution in [0, 0.1) is 5.41 Å². The molecule has 0 aromatic heterocycles. The number of carbonyl (C=O) groups excluding carboxylic acids is 4. The Hall–Kier alpha value is -1.52. The Morgan fingerprint density at radius 3 is 1.88 bits per heavy atom. The number of hydrogen-bond donors (Lipinski definition) is 0. The largest absolute Gasteiger partial charge is 0.465 e. The average molecular weight is 242 g/mol. The molecule has 0 aromatic rings. The molecule has 0 heterocycles. The van der Waals surface area contributed by atoms with Crippen LogP contribution in [0.25, 0.3) is 0 Å². The Balaban J connectivity index is 5.06. The fraction of sp³-hybridized carbons (Fsp3) is 0.667. The molecular formula is C12H18O5. The molecule has 0 saturated carbocycles. The number of hydrogen-bond acceptors (Lipinski definition) is 5. The summed E-state index contributed by atoms with van der Waals surface area (Å²) >= 11 is 0. The third-order valence-electron chi connectivity index (χ3n) is 2.72. The first-order valence-electron chi connectivity index (χ1n) is 5.60. The zero-order valence-corrected chi connectivity index (χ0v) is 10.2. The number of aldehydes is 2. The van der Waals surface area contributed by atoms with Gasteiger partial charge in [-0.1, -0.05) is 0 Å². The van der Waals surface area contributed by atoms with Gasteiger partial charge in [-0.15, -0.1) is 0 Å². The molecule has 5 nitrogen and oxygen atoms in total. The lowest BCUT2D eigenvalue weighted by atomic mass is 9.76. The van der Waals surface area contributed by atoms with Gasteiger partial charge in [-0.05, 0) is 26.7 Å². The predicted octanol–water partition coefficient (Wildman–Crippen LogP) is 1.08. The van der Waals surface area contributed by atoms with E-state index in [9.17, 15) is 19.2 Å². The molecule has 0 unspecified atom stereocenters. The maximum absolute atomic E-state index is 11.8. The van der Waals surface area contributed by atoms with Gasteiger partial charge in [0.25, 0.3) is 0 Å². The second kappa shape index (κ2) is 7.70. The van der Waals surface area contributed by atoms with Crippen molar-refractivity contribution in [3.63, 3.8) is 0 Å². The fourth-order valence-electron chi connectivity index (χ4n) is 1.70. The first kappa shape index (κ1) is 15.5. The summed E-state index contributed by atoms with van der Waals surface area (Å²) in [5.74, 6) is -1.00. The number of carbonyl (C=O) groups is 4. The third-order valence-corrected chi connectivity index (χ3v) is 2.72. The summed E-state index contributed by atoms with van der Waals surface area (Å²) in [5, 5.41) is 0. The van der Waals surface area contributed by atoms with Gasteiger partial charge in [0, 0.05) is 12.8 Å². The van der Waals surface area contributed by atoms with Crippen molar-refractivity contribution in [3.8, 4) is 0 Å². The monoisotopic (exact) mass is 242 g/mol. The molecule has 0 atom stereocenters. The summed E-state index contributed by atoms with van der Waals surface area (Å²) in [7, 11) is 0. The van der Waals surface area contributed by atoms with E-state index in [1.54, 1.807) is 6.92 Å². The summed E-state index contributed by atoms with van der Waals surface area (Å²) in [5.41, 5.74) is -1.35. The summed E-state index contributed by atoms with van der Waals surface area (Å²) in [6, 6.07) is 0. The van der Waals surface area contributed by atoms with Crippen molar-refractivity contribution in [2.24, 2.45) is 5.41 Å². The Morgan fingerprint density at radius 1 is 1.12 bits per heavy atom. The Kier molecular flexibility index (Phi) is 7.02. The number of ketones is 1. The molecule has 0 N–H and O–H groups in total. The van der Waals surface area contributed by atoms with Crippen molar-refractivity contribution in [2.75, 3.05) is 6.61 Å². The lowest BCUT2D eigenvalue weighted by Gasteiger charge is -2.27. The maximum Gasteiger partial charge on any atom is 0.319 e. The molecule has 0 spiro atoms. The van der Waals surface area contributed by atoms with Gasteiger partial charge in [-0.25, -0.2) is 0 Å². The summed E-state index contributed by atoms with van der Waals surface area (Å²) in [4.78, 5) is 44.3. The van der Waals surface area contributed by atoms with Crippen LogP contribution in [0.15, 0.2) is 0 Å². The highest BCUT2D eigenvalue weighted by atomic mass is 16.5. The summed E-state index contributed by atoms with van der Waals surface area (Å²) < 4.78 is 4.87. The van der Waals surface area contributed by atoms with Gasteiger partial charge in [0.1, 0.15) is 23.8 Å². The minimum atomic E-state index is -1.35. The van der Waals surface area contributed by atoms with E-state index in [1.807, 2.05) is 0 Å². The molecule has 0 aliphatic rings. The molecule has 0 aliphatic heterocycles. The smallest absolute Gasteiger partial charge is 0.319 e. The molecule has 96 valence electrons. The Morgan fingerprint density at radius 2 is 1.59 bits per heavy atom. The van der Waals surface area contributed by atoms with E-state index in [1.165, 1.54) is 6.92 Å². The zero-order valence-electron chi connectivity index (χ0n) is 10.2. The summed E-state index contributed by atoms with van der Waals surface area (Å²) in [6.07, 6.45) is 1.68. The molecule has 5 heteroatoms. The van der Waals surface area contributed by atoms with Crippen LogP contribution in [-0.2, 0) is 23.9 Å². The number of rotatable bonds is 9. The van der Waals surface area contributed by atoms with Gasteiger partial charge in [-0.3, -0.25) is 9.59 Å². The van der Waals surface area contributed by atoms with Crippen LogP contribution < -0.4 is 0 Å². The molecule has 0 bridgehead atoms. The highest BCUT2D eigenvalue weighted by molar-refractivity contribution is 6.03. The normalized spacial score (nSPS) is 10.7. The Bertz CT molecular complexity index is 283. The van der Waals surface area contributed by atoms with Gasteiger partial charge in [0.05, 0.1) is 6.61 Å². The van der Waals surface area contributed by atoms with E-state index >= 15 is 0 Å². The standard InChI is InChI=1S/C12H18O5/c1-3-17-11(16)12(10(2)15,6-4-8-13)7-5-9-14/h8-9H,3-7H2,1-2H3. The molecule has 17 heavy (non-hydrogen) atoms. The van der Waals surface area contributed by atoms with E-state index in [0.717, 1.165) is 0 Å². The van der Waals surface area contributed by atoms with Crippen LogP contribution in [0.3, 0.4) is 0 Å². The van der Waals surface area contributed by atoms with Crippen LogP contribution in [0.1, 0.15) is 39.5 Å². The SMILES string of the molecule is CCOC(=O)C(CCC=O)(CCC=O)C(C)=O. The first-order chi connectivity index (χ1) is 8.05. The van der Waals surface area contributed by atoms with Gasteiger partial charge in [-0.2, -0.15) is 0 Å². The number of esters is 1. The third kappa shape index (κ3) is 4.09. The Labute approximate surface area is 101 Å². The van der Waals surface area contributed by atoms with Crippen LogP contribution >= 0.6 is 0 Å². The predicted molar refractivity (Wildman–Crippen MR) is 60.3 cm³/mol. The molecule has 0 amide bonds. The zero-order chi connectivity index (χ0) is 13.3. The number of Topliss-reactive ketones (excluding diaryl/α,β-unsaturated/α-hetero) is 1. The lowest BCUT2D eigenvalue weighted by Crippen LogP contribution is -2.39. The van der Waals surface area contributed by atoms with E-state index in [-0.39, 0.29) is 38.1 Å². The molecule has 0 rings (SSSR count). The summed E-state index contributed by atoms with van der Waals surface area (Å²) in [6.45, 7) is 3.09. The van der Waals surface area contributed by atoms with Crippen molar-refractivity contribution in [2.45, 2.75) is 39.5 Å². The molecule has 0 radical (unpaired) electrons. The topological polar surface area (TPSA) is 77.5 Å². The second-order valence-corrected chi connectivity index (χ2v) is 3.77. The van der Waals surface area contributed by atoms with Crippen LogP contribution in [0.5, 0.6) is 0 Å². The van der Waals surface area contributed by atoms with E-state index < -0.39 is 11.4 Å². The highest BCUT2D eigenvalue weighted by Gasteiger charge is 2.43. The quantitative estimate of drug-likeness (QED) is 0.343. The number of ether oxygens (including phenoxy) is 1. The van der Waals surface area contributed by atoms with E-state index in [0.29, 0.717) is 12.6 Å². The van der Waals surface area contributed by atoms with Gasteiger partial charge < -0.3 is 14.3 Å². The van der Waals surface area contributed by atoms with Crippen molar-refractivity contribution in [3.05, 3.63) is 0 Å². The highest BCUT2D eigenvalue weighted by Crippen LogP contribution is 2.32. The van der Waals surface area contributed by atoms with Crippen LogP contribution in [-0.4, -0.2) is 30.9 Å². The first-order valence-corrected chi connectivity index (χ1v) is 5.60. The van der Waals surface area contributed by atoms with Crippen molar-refractivity contribution >= 4 is 24.3 Å². The molecule has 0 saturated heterocycles. The van der Waals surface area contributed by atoms with Crippen molar-refractivity contribution in [1.82, 2.24) is 0 Å². The molecule has 0 fully saturated rings. The lowest BCUT2D eigenvalue weighted by molar-refractivity contribution is -0.160. The van der Waals surface area contributed by atoms with Gasteiger partial charge in [0.15, 0.2) is 0 Å². The molecule has 0 aromatic carbocycles. The van der Waals surface area contributed by atoms with E-state index in [4.69, 9.17) is 4.74 Å². The van der Waals surface area contributed by atoms with Crippen LogP contribution in [0.2, 0.25) is 0 Å². The van der Waals surface area contributed by atoms with Gasteiger partial charge >= 0.3 is 5.97 Å². The minimum absolute atomic E-state index is 0.0945. The van der Waals surface area contributed by atoms with E-state index in [2.05, 4.69) is 0 Å². The van der Waals surface area contributed by atoms with Crippen molar-refractivity contribution in [1.29, 1.82) is 0 Å². The second-order valence-electron chi connectivity index (χ2n) is 3.77. The van der Waals surface area contributed by atoms with Crippen LogP contribution in [0.4, 0.5) is 0 Å². The minimum Gasteiger partial charge on any atom is -0.465 e. The van der Waals surface area contributed by atoms with Crippen molar-refractivity contribution < 1.29 is 23.9 Å². The van der Waals surface area contributed by atoms with Gasteiger partial charge in [0.2, 0.25) is 0 Å².